The van der Waals surface area contributed by atoms with Crippen molar-refractivity contribution in [2.45, 2.75) is 36.1 Å². The molecule has 0 aromatic carbocycles. The number of halogens is 3. The van der Waals surface area contributed by atoms with E-state index in [0.29, 0.717) is 0 Å². The van der Waals surface area contributed by atoms with Gasteiger partial charge < -0.3 is 9.64 Å². The van der Waals surface area contributed by atoms with Gasteiger partial charge in [-0.1, -0.05) is 36.0 Å². The zero-order valence-electron chi connectivity index (χ0n) is 12.7. The molecule has 0 amide bonds. The highest BCUT2D eigenvalue weighted by molar-refractivity contribution is 6.57. The first-order valence-electron chi connectivity index (χ1n) is 7.16. The molecule has 0 atom stereocenters. The van der Waals surface area contributed by atoms with Crippen molar-refractivity contribution in [3.63, 3.8) is 0 Å². The van der Waals surface area contributed by atoms with Crippen LogP contribution < -0.4 is 4.90 Å². The van der Waals surface area contributed by atoms with Gasteiger partial charge in [0.25, 0.3) is 0 Å². The summed E-state index contributed by atoms with van der Waals surface area (Å²) in [6.45, 7) is -0.221. The van der Waals surface area contributed by atoms with E-state index in [4.69, 9.17) is 34.8 Å². The maximum Gasteiger partial charge on any atom is 0.344 e. The molecular formula is C13H15Cl3N4O4. The lowest BCUT2D eigenvalue weighted by Crippen LogP contribution is -2.46. The summed E-state index contributed by atoms with van der Waals surface area (Å²) in [6.07, 6.45) is 4.45. The number of anilines is 1. The molecule has 1 fully saturated rings. The highest BCUT2D eigenvalue weighted by Gasteiger charge is 2.41. The highest BCUT2D eigenvalue weighted by atomic mass is 35.5. The van der Waals surface area contributed by atoms with Crippen LogP contribution in [0, 0.1) is 10.1 Å². The first-order valence-corrected chi connectivity index (χ1v) is 8.29. The van der Waals surface area contributed by atoms with Crippen LogP contribution in [0.1, 0.15) is 25.7 Å². The van der Waals surface area contributed by atoms with Gasteiger partial charge in [-0.2, -0.15) is 4.98 Å². The monoisotopic (exact) mass is 396 g/mol. The average Bonchev–Trinajstić information content (AvgIpc) is 3.05. The van der Waals surface area contributed by atoms with Crippen LogP contribution in [0.4, 0.5) is 11.5 Å². The van der Waals surface area contributed by atoms with Crippen LogP contribution in [0.5, 0.6) is 0 Å². The fraction of sp³-hybridized carbons (Fsp3) is 0.615. The van der Waals surface area contributed by atoms with Crippen LogP contribution in [0.2, 0.25) is 5.28 Å². The zero-order valence-corrected chi connectivity index (χ0v) is 15.0. The van der Waals surface area contributed by atoms with Crippen LogP contribution in [0.15, 0.2) is 6.20 Å². The van der Waals surface area contributed by atoms with Gasteiger partial charge >= 0.3 is 11.7 Å². The minimum atomic E-state index is -1.90. The first kappa shape index (κ1) is 19.0. The number of hydrogen-bond acceptors (Lipinski definition) is 7. The van der Waals surface area contributed by atoms with E-state index in [2.05, 4.69) is 14.7 Å². The zero-order chi connectivity index (χ0) is 17.9. The van der Waals surface area contributed by atoms with E-state index < -0.39 is 15.2 Å². The van der Waals surface area contributed by atoms with Gasteiger partial charge in [-0.25, -0.2) is 9.78 Å². The molecule has 1 aromatic heterocycles. The summed E-state index contributed by atoms with van der Waals surface area (Å²) >= 11 is 18.0. The van der Waals surface area contributed by atoms with Crippen molar-refractivity contribution in [3.05, 3.63) is 21.6 Å². The lowest BCUT2D eigenvalue weighted by Gasteiger charge is -2.33. The summed E-state index contributed by atoms with van der Waals surface area (Å²) in [5, 5.41) is 11.2. The van der Waals surface area contributed by atoms with Crippen LogP contribution in [-0.4, -0.2) is 44.9 Å². The van der Waals surface area contributed by atoms with Crippen molar-refractivity contribution < 1.29 is 14.5 Å². The third-order valence-corrected chi connectivity index (χ3v) is 4.54. The Kier molecular flexibility index (Phi) is 6.06. The smallest absolute Gasteiger partial charge is 0.344 e. The Hall–Kier alpha value is -1.38. The number of hydrogen-bond donors (Lipinski definition) is 0. The number of alkyl halides is 2. The summed E-state index contributed by atoms with van der Waals surface area (Å²) in [5.74, 6) is -0.863. The van der Waals surface area contributed by atoms with Gasteiger partial charge in [0.1, 0.15) is 6.20 Å². The summed E-state index contributed by atoms with van der Waals surface area (Å²) < 4.78 is 2.69. The second-order valence-electron chi connectivity index (χ2n) is 5.37. The molecule has 1 heterocycles. The summed E-state index contributed by atoms with van der Waals surface area (Å²) in [7, 11) is 1.16. The van der Waals surface area contributed by atoms with Crippen LogP contribution in [0.3, 0.4) is 0 Å². The highest BCUT2D eigenvalue weighted by Crippen LogP contribution is 2.36. The lowest BCUT2D eigenvalue weighted by atomic mass is 10.2. The van der Waals surface area contributed by atoms with Gasteiger partial charge in [0.2, 0.25) is 15.4 Å². The summed E-state index contributed by atoms with van der Waals surface area (Å²) in [6, 6.07) is -0.101. The average molecular weight is 398 g/mol. The van der Waals surface area contributed by atoms with E-state index in [1.165, 1.54) is 0 Å². The number of rotatable bonds is 6. The topological polar surface area (TPSA) is 98.5 Å². The normalized spacial score (nSPS) is 15.3. The molecule has 1 aliphatic carbocycles. The molecule has 11 heteroatoms. The van der Waals surface area contributed by atoms with Gasteiger partial charge in [-0.15, -0.1) is 0 Å². The van der Waals surface area contributed by atoms with E-state index in [0.717, 1.165) is 39.0 Å². The molecule has 1 saturated carbocycles. The number of methoxy groups -OCH3 is 1. The third kappa shape index (κ3) is 4.17. The lowest BCUT2D eigenvalue weighted by molar-refractivity contribution is -0.384. The number of nitrogens with zero attached hydrogens (tertiary/aromatic N) is 4. The molecule has 2 rings (SSSR count). The molecule has 0 unspecified atom stereocenters. The van der Waals surface area contributed by atoms with Crippen LogP contribution in [-0.2, 0) is 9.53 Å². The van der Waals surface area contributed by atoms with Gasteiger partial charge in [0, 0.05) is 6.04 Å². The molecule has 24 heavy (non-hydrogen) atoms. The Labute approximate surface area is 153 Å². The fourth-order valence-electron chi connectivity index (χ4n) is 2.71. The molecule has 0 spiro atoms. The van der Waals surface area contributed by atoms with Crippen molar-refractivity contribution in [2.75, 3.05) is 18.6 Å². The van der Waals surface area contributed by atoms with Crippen molar-refractivity contribution in [1.82, 2.24) is 9.97 Å². The molecular weight excluding hydrogens is 383 g/mol. The molecule has 1 aliphatic rings. The first-order chi connectivity index (χ1) is 11.3. The molecule has 1 aromatic rings. The van der Waals surface area contributed by atoms with Crippen LogP contribution >= 0.6 is 34.8 Å². The number of ether oxygens (including phenoxy) is 1. The molecule has 0 saturated heterocycles. The summed E-state index contributed by atoms with van der Waals surface area (Å²) in [5.41, 5.74) is -0.333. The Balaban J connectivity index is 2.46. The minimum Gasteiger partial charge on any atom is -0.467 e. The van der Waals surface area contributed by atoms with E-state index in [-0.39, 0.29) is 29.4 Å². The second kappa shape index (κ2) is 7.67. The SMILES string of the molecule is COC(=O)C(Cl)(Cl)CN(c1nc(Cl)ncc1[N+](=O)[O-])C1CCCC1. The minimum absolute atomic E-state index is 0.0125. The fourth-order valence-corrected chi connectivity index (χ4v) is 3.25. The largest absolute Gasteiger partial charge is 0.467 e. The van der Waals surface area contributed by atoms with Gasteiger partial charge in [-0.05, 0) is 24.4 Å². The third-order valence-electron chi connectivity index (χ3n) is 3.81. The maximum absolute atomic E-state index is 11.8. The number of carbonyl (C=O) groups excluding carboxylic acids is 1. The van der Waals surface area contributed by atoms with Crippen LogP contribution in [0.25, 0.3) is 0 Å². The predicted octanol–water partition coefficient (Wildman–Crippen LogP) is 3.13. The Morgan fingerprint density at radius 1 is 1.50 bits per heavy atom. The Bertz CT molecular complexity index is 638. The molecule has 0 radical (unpaired) electrons. The predicted molar refractivity (Wildman–Crippen MR) is 89.8 cm³/mol. The quantitative estimate of drug-likeness (QED) is 0.239. The number of esters is 1. The molecule has 8 nitrogen and oxygen atoms in total. The van der Waals surface area contributed by atoms with Crippen molar-refractivity contribution in [3.8, 4) is 0 Å². The maximum atomic E-state index is 11.8. The Morgan fingerprint density at radius 2 is 2.12 bits per heavy atom. The van der Waals surface area contributed by atoms with Gasteiger partial charge in [0.05, 0.1) is 18.6 Å². The van der Waals surface area contributed by atoms with E-state index in [9.17, 15) is 14.9 Å². The van der Waals surface area contributed by atoms with E-state index in [1.807, 2.05) is 0 Å². The number of aromatic nitrogens is 2. The molecule has 0 bridgehead atoms. The number of carbonyl (C=O) groups is 1. The van der Waals surface area contributed by atoms with Gasteiger partial charge in [0.15, 0.2) is 0 Å². The van der Waals surface area contributed by atoms with Crippen molar-refractivity contribution in [2.24, 2.45) is 0 Å². The van der Waals surface area contributed by atoms with E-state index in [1.54, 1.807) is 4.90 Å². The van der Waals surface area contributed by atoms with Crippen molar-refractivity contribution in [1.29, 1.82) is 0 Å². The summed E-state index contributed by atoms with van der Waals surface area (Å²) in [4.78, 5) is 31.7. The van der Waals surface area contributed by atoms with E-state index >= 15 is 0 Å². The molecule has 132 valence electrons. The Morgan fingerprint density at radius 3 is 2.67 bits per heavy atom. The number of nitro groups is 1. The molecule has 0 N–H and O–H groups in total. The van der Waals surface area contributed by atoms with Gasteiger partial charge in [-0.3, -0.25) is 10.1 Å². The second-order valence-corrected chi connectivity index (χ2v) is 7.19. The molecule has 0 aliphatic heterocycles. The standard InChI is InChI=1S/C13H15Cl3N4O4/c1-24-11(21)13(15,16)7-19(8-4-2-3-5-8)10-9(20(22)23)6-17-12(14)18-10/h6,8H,2-5,7H2,1H3. The van der Waals surface area contributed by atoms with Crippen molar-refractivity contribution >= 4 is 52.3 Å².